The molecule has 104 valence electrons. The van der Waals surface area contributed by atoms with Crippen molar-refractivity contribution in [1.82, 2.24) is 0 Å². The van der Waals surface area contributed by atoms with Gasteiger partial charge in [-0.15, -0.1) is 0 Å². The van der Waals surface area contributed by atoms with Gasteiger partial charge in [0, 0.05) is 5.56 Å². The Labute approximate surface area is 119 Å². The van der Waals surface area contributed by atoms with Crippen LogP contribution in [-0.4, -0.2) is 16.1 Å². The fourth-order valence-electron chi connectivity index (χ4n) is 1.51. The maximum absolute atomic E-state index is 12.1. The van der Waals surface area contributed by atoms with Crippen LogP contribution in [0.5, 0.6) is 5.75 Å². The number of phenolic OH excluding ortho intramolecular Hbond substituents is 1. The topological polar surface area (TPSA) is 61.1 Å². The van der Waals surface area contributed by atoms with Gasteiger partial charge in [-0.25, -0.2) is 0 Å². The summed E-state index contributed by atoms with van der Waals surface area (Å²) in [6, 6.07) is 6.14. The van der Waals surface area contributed by atoms with Gasteiger partial charge in [-0.3, -0.25) is 4.79 Å². The van der Waals surface area contributed by atoms with Crippen molar-refractivity contribution in [3.63, 3.8) is 0 Å². The number of nitriles is 1. The van der Waals surface area contributed by atoms with Gasteiger partial charge in [-0.2, -0.15) is 5.26 Å². The first-order valence-corrected chi connectivity index (χ1v) is 7.30. The maximum Gasteiger partial charge on any atom is 0.176 e. The smallest absolute Gasteiger partial charge is 0.176 e. The second kappa shape index (κ2) is 9.46. The Morgan fingerprint density at radius 1 is 1.32 bits per heavy atom. The molecule has 0 spiro atoms. The normalized spacial score (nSPS) is 11.2. The number of ketones is 1. The van der Waals surface area contributed by atoms with Gasteiger partial charge in [0.25, 0.3) is 0 Å². The van der Waals surface area contributed by atoms with Crippen LogP contribution < -0.4 is 0 Å². The summed E-state index contributed by atoms with van der Waals surface area (Å²) in [5.41, 5.74) is 0.538. The van der Waals surface area contributed by atoms with Crippen LogP contribution in [0.1, 0.15) is 44.5 Å². The van der Waals surface area contributed by atoms with Crippen LogP contribution in [0.2, 0.25) is 0 Å². The van der Waals surface area contributed by atoms with Gasteiger partial charge in [0.15, 0.2) is 5.78 Å². The first-order valence-electron chi connectivity index (χ1n) is 6.42. The van der Waals surface area contributed by atoms with E-state index in [9.17, 15) is 4.79 Å². The minimum Gasteiger partial charge on any atom is -0.508 e. The lowest BCUT2D eigenvalue weighted by molar-refractivity contribution is 0.0982. The highest BCUT2D eigenvalue weighted by Gasteiger charge is 2.21. The molecule has 1 unspecified atom stereocenters. The fraction of sp³-hybridized carbons (Fsp3) is 0.467. The van der Waals surface area contributed by atoms with Crippen LogP contribution in [0.15, 0.2) is 24.3 Å². The van der Waals surface area contributed by atoms with E-state index in [0.717, 1.165) is 11.8 Å². The molecule has 3 nitrogen and oxygen atoms in total. The van der Waals surface area contributed by atoms with E-state index in [4.69, 9.17) is 10.4 Å². The van der Waals surface area contributed by atoms with Gasteiger partial charge in [0.05, 0.1) is 5.25 Å². The van der Waals surface area contributed by atoms with Crippen LogP contribution in [0.4, 0.5) is 0 Å². The van der Waals surface area contributed by atoms with Crippen LogP contribution in [0.3, 0.4) is 0 Å². The van der Waals surface area contributed by atoms with E-state index in [0.29, 0.717) is 17.9 Å². The fourth-order valence-corrected chi connectivity index (χ4v) is 2.36. The van der Waals surface area contributed by atoms with Gasteiger partial charge in [0.1, 0.15) is 11.2 Å². The zero-order valence-corrected chi connectivity index (χ0v) is 12.7. The van der Waals surface area contributed by atoms with E-state index in [-0.39, 0.29) is 16.8 Å². The molecular formula is C15H21NO2S. The molecule has 0 bridgehead atoms. The molecule has 0 fully saturated rings. The number of Topliss-reactive ketones (excluding diaryl/α,β-unsaturated/α-hetero) is 1. The molecule has 0 saturated heterocycles. The number of thiocyanates is 1. The average Bonchev–Trinajstić information content (AvgIpc) is 2.40. The lowest BCUT2D eigenvalue weighted by atomic mass is 10.0. The van der Waals surface area contributed by atoms with Gasteiger partial charge >= 0.3 is 0 Å². The number of benzene rings is 1. The predicted octanol–water partition coefficient (Wildman–Crippen LogP) is 4.23. The molecular weight excluding hydrogens is 258 g/mol. The third-order valence-electron chi connectivity index (χ3n) is 2.32. The lowest BCUT2D eigenvalue weighted by Crippen LogP contribution is -2.19. The van der Waals surface area contributed by atoms with E-state index in [1.54, 1.807) is 12.1 Å². The van der Waals surface area contributed by atoms with Crippen molar-refractivity contribution >= 4 is 17.5 Å². The summed E-state index contributed by atoms with van der Waals surface area (Å²) in [6.07, 6.45) is 0.679. The van der Waals surface area contributed by atoms with Crippen molar-refractivity contribution in [1.29, 1.82) is 5.26 Å². The van der Waals surface area contributed by atoms with Gasteiger partial charge in [-0.05, 0) is 48.4 Å². The van der Waals surface area contributed by atoms with Crippen molar-refractivity contribution in [2.75, 3.05) is 0 Å². The molecule has 0 radical (unpaired) electrons. The van der Waals surface area contributed by atoms with Crippen LogP contribution in [0.25, 0.3) is 0 Å². The second-order valence-electron chi connectivity index (χ2n) is 4.24. The molecule has 0 aliphatic carbocycles. The molecule has 0 amide bonds. The maximum atomic E-state index is 12.1. The van der Waals surface area contributed by atoms with Crippen LogP contribution in [0, 0.1) is 16.6 Å². The van der Waals surface area contributed by atoms with Gasteiger partial charge in [0.2, 0.25) is 0 Å². The number of aromatic hydroxyl groups is 1. The molecule has 0 aliphatic heterocycles. The number of thioether (sulfide) groups is 1. The molecule has 0 aromatic heterocycles. The zero-order chi connectivity index (χ0) is 14.8. The standard InChI is InChI=1S/C13H15NO2S.C2H6/c1-9(2)7-12(17-8-14)13(16)10-3-5-11(15)6-4-10;1-2/h3-6,9,12,15H,7H2,1-2H3;1-2H3. The molecule has 1 aromatic carbocycles. The highest BCUT2D eigenvalue weighted by molar-refractivity contribution is 8.05. The second-order valence-corrected chi connectivity index (χ2v) is 5.23. The van der Waals surface area contributed by atoms with E-state index in [1.807, 2.05) is 33.1 Å². The van der Waals surface area contributed by atoms with E-state index in [2.05, 4.69) is 0 Å². The average molecular weight is 279 g/mol. The molecule has 0 aliphatic rings. The van der Waals surface area contributed by atoms with E-state index < -0.39 is 0 Å². The molecule has 4 heteroatoms. The molecule has 0 heterocycles. The van der Waals surface area contributed by atoms with Crippen molar-refractivity contribution in [3.8, 4) is 11.2 Å². The summed E-state index contributed by atoms with van der Waals surface area (Å²) in [5, 5.41) is 19.5. The first-order chi connectivity index (χ1) is 9.04. The van der Waals surface area contributed by atoms with Crippen LogP contribution in [-0.2, 0) is 0 Å². The SMILES string of the molecule is CC.CC(C)CC(SC#N)C(=O)c1ccc(O)cc1. The summed E-state index contributed by atoms with van der Waals surface area (Å²) in [7, 11) is 0. The van der Waals surface area contributed by atoms with Crippen molar-refractivity contribution in [2.45, 2.75) is 39.4 Å². The third-order valence-corrected chi connectivity index (χ3v) is 3.12. The Morgan fingerprint density at radius 3 is 2.26 bits per heavy atom. The Kier molecular flexibility index (Phi) is 8.73. The Bertz CT molecular complexity index is 421. The van der Waals surface area contributed by atoms with Crippen molar-refractivity contribution < 1.29 is 9.90 Å². The molecule has 1 N–H and O–H groups in total. The Balaban J connectivity index is 0.00000154. The summed E-state index contributed by atoms with van der Waals surface area (Å²) >= 11 is 1.01. The predicted molar refractivity (Wildman–Crippen MR) is 80.2 cm³/mol. The molecule has 1 rings (SSSR count). The number of hydrogen-bond acceptors (Lipinski definition) is 4. The number of carbonyl (C=O) groups is 1. The summed E-state index contributed by atoms with van der Waals surface area (Å²) in [6.45, 7) is 8.05. The van der Waals surface area contributed by atoms with Crippen molar-refractivity contribution in [2.24, 2.45) is 5.92 Å². The van der Waals surface area contributed by atoms with E-state index in [1.165, 1.54) is 12.1 Å². The van der Waals surface area contributed by atoms with E-state index >= 15 is 0 Å². The minimum atomic E-state index is -0.329. The Morgan fingerprint density at radius 2 is 1.84 bits per heavy atom. The molecule has 1 atom stereocenters. The van der Waals surface area contributed by atoms with Gasteiger partial charge in [-0.1, -0.05) is 27.7 Å². The zero-order valence-electron chi connectivity index (χ0n) is 11.9. The van der Waals surface area contributed by atoms with Crippen LogP contribution >= 0.6 is 11.8 Å². The summed E-state index contributed by atoms with van der Waals surface area (Å²) in [4.78, 5) is 12.1. The van der Waals surface area contributed by atoms with Gasteiger partial charge < -0.3 is 5.11 Å². The summed E-state index contributed by atoms with van der Waals surface area (Å²) < 4.78 is 0. The summed E-state index contributed by atoms with van der Waals surface area (Å²) in [5.74, 6) is 0.446. The number of phenols is 1. The number of hydrogen-bond donors (Lipinski definition) is 1. The Hall–Kier alpha value is -1.47. The van der Waals surface area contributed by atoms with Crippen molar-refractivity contribution in [3.05, 3.63) is 29.8 Å². The first kappa shape index (κ1) is 17.5. The lowest BCUT2D eigenvalue weighted by Gasteiger charge is -2.14. The molecule has 19 heavy (non-hydrogen) atoms. The largest absolute Gasteiger partial charge is 0.508 e. The number of carbonyl (C=O) groups excluding carboxylic acids is 1. The number of rotatable bonds is 5. The highest BCUT2D eigenvalue weighted by Crippen LogP contribution is 2.23. The monoisotopic (exact) mass is 279 g/mol. The third kappa shape index (κ3) is 6.30. The minimum absolute atomic E-state index is 0.0507. The number of nitrogens with zero attached hydrogens (tertiary/aromatic N) is 1. The highest BCUT2D eigenvalue weighted by atomic mass is 32.2. The quantitative estimate of drug-likeness (QED) is 0.647. The molecule has 1 aromatic rings. The molecule has 0 saturated carbocycles.